The molecule has 1 rings (SSSR count). The van der Waals surface area contributed by atoms with Crippen molar-refractivity contribution in [3.8, 4) is 11.5 Å². The number of benzene rings is 1. The number of phenolic OH excluding ortho intramolecular Hbond substituents is 1. The van der Waals surface area contributed by atoms with Gasteiger partial charge in [0.1, 0.15) is 0 Å². The molecule has 0 bridgehead atoms. The van der Waals surface area contributed by atoms with E-state index in [0.29, 0.717) is 11.3 Å². The summed E-state index contributed by atoms with van der Waals surface area (Å²) in [5.41, 5.74) is 0.124. The van der Waals surface area contributed by atoms with E-state index in [9.17, 15) is 9.90 Å². The van der Waals surface area contributed by atoms with Gasteiger partial charge in [0, 0.05) is 11.0 Å². The topological polar surface area (TPSA) is 46.5 Å². The molecule has 0 aliphatic heterocycles. The Morgan fingerprint density at radius 2 is 1.93 bits per heavy atom. The molecule has 0 amide bonds. The molecule has 0 aliphatic carbocycles. The van der Waals surface area contributed by atoms with Crippen molar-refractivity contribution in [1.29, 1.82) is 0 Å². The normalized spacial score (nSPS) is 11.2. The van der Waals surface area contributed by atoms with Crippen LogP contribution in [-0.2, 0) is 0 Å². The van der Waals surface area contributed by atoms with Gasteiger partial charge in [0.15, 0.2) is 17.3 Å². The molecule has 3 nitrogen and oxygen atoms in total. The Bertz CT molecular complexity index is 375. The molecule has 0 aromatic heterocycles. The fraction of sp³-hybridized carbons (Fsp3) is 0.417. The lowest BCUT2D eigenvalue weighted by Gasteiger charge is -2.17. The van der Waals surface area contributed by atoms with Crippen molar-refractivity contribution in [3.63, 3.8) is 0 Å². The van der Waals surface area contributed by atoms with Crippen LogP contribution >= 0.6 is 0 Å². The van der Waals surface area contributed by atoms with Crippen LogP contribution in [0.2, 0.25) is 0 Å². The SMILES string of the molecule is COc1cc(C(=O)C(C)(C)C)ccc1O. The van der Waals surface area contributed by atoms with Crippen LogP contribution in [-0.4, -0.2) is 18.0 Å². The van der Waals surface area contributed by atoms with Crippen LogP contribution in [0.1, 0.15) is 31.1 Å². The minimum atomic E-state index is -0.429. The second kappa shape index (κ2) is 3.93. The monoisotopic (exact) mass is 208 g/mol. The summed E-state index contributed by atoms with van der Waals surface area (Å²) >= 11 is 0. The fourth-order valence-electron chi connectivity index (χ4n) is 1.25. The number of hydrogen-bond acceptors (Lipinski definition) is 3. The van der Waals surface area contributed by atoms with E-state index >= 15 is 0 Å². The molecule has 0 unspecified atom stereocenters. The van der Waals surface area contributed by atoms with Gasteiger partial charge < -0.3 is 9.84 Å². The van der Waals surface area contributed by atoms with Crippen molar-refractivity contribution >= 4 is 5.78 Å². The largest absolute Gasteiger partial charge is 0.504 e. The Kier molecular flexibility index (Phi) is 3.03. The van der Waals surface area contributed by atoms with Crippen LogP contribution in [0.15, 0.2) is 18.2 Å². The van der Waals surface area contributed by atoms with Crippen molar-refractivity contribution in [2.24, 2.45) is 5.41 Å². The molecule has 0 radical (unpaired) electrons. The van der Waals surface area contributed by atoms with Gasteiger partial charge in [-0.3, -0.25) is 4.79 Å². The Hall–Kier alpha value is -1.51. The third-order valence-corrected chi connectivity index (χ3v) is 2.12. The zero-order valence-corrected chi connectivity index (χ0v) is 9.50. The quantitative estimate of drug-likeness (QED) is 0.760. The highest BCUT2D eigenvalue weighted by atomic mass is 16.5. The summed E-state index contributed by atoms with van der Waals surface area (Å²) in [6.45, 7) is 5.57. The first-order valence-corrected chi connectivity index (χ1v) is 4.78. The summed E-state index contributed by atoms with van der Waals surface area (Å²) in [6, 6.07) is 4.63. The van der Waals surface area contributed by atoms with Crippen molar-refractivity contribution in [3.05, 3.63) is 23.8 Å². The molecule has 1 N–H and O–H groups in total. The van der Waals surface area contributed by atoms with Gasteiger partial charge in [-0.1, -0.05) is 20.8 Å². The first-order chi connectivity index (χ1) is 6.86. The number of ketones is 1. The average Bonchev–Trinajstić information content (AvgIpc) is 2.16. The maximum Gasteiger partial charge on any atom is 0.168 e. The van der Waals surface area contributed by atoms with Crippen LogP contribution in [0.3, 0.4) is 0 Å². The molecule has 0 saturated carbocycles. The van der Waals surface area contributed by atoms with E-state index in [4.69, 9.17) is 4.74 Å². The van der Waals surface area contributed by atoms with Gasteiger partial charge in [-0.2, -0.15) is 0 Å². The second-order valence-corrected chi connectivity index (χ2v) is 4.47. The number of aromatic hydroxyl groups is 1. The van der Waals surface area contributed by atoms with Crippen molar-refractivity contribution in [2.75, 3.05) is 7.11 Å². The van der Waals surface area contributed by atoms with Gasteiger partial charge in [-0.05, 0) is 18.2 Å². The lowest BCUT2D eigenvalue weighted by molar-refractivity contribution is 0.0858. The zero-order valence-electron chi connectivity index (χ0n) is 9.50. The Balaban J connectivity index is 3.12. The van der Waals surface area contributed by atoms with Crippen LogP contribution in [0.25, 0.3) is 0 Å². The first-order valence-electron chi connectivity index (χ1n) is 4.78. The van der Waals surface area contributed by atoms with Crippen molar-refractivity contribution < 1.29 is 14.6 Å². The van der Waals surface area contributed by atoms with Crippen LogP contribution in [0, 0.1) is 5.41 Å². The summed E-state index contributed by atoms with van der Waals surface area (Å²) in [5, 5.41) is 9.38. The minimum absolute atomic E-state index is 0.0285. The van der Waals surface area contributed by atoms with E-state index < -0.39 is 5.41 Å². The number of ether oxygens (including phenoxy) is 1. The van der Waals surface area contributed by atoms with E-state index in [1.165, 1.54) is 13.2 Å². The van der Waals surface area contributed by atoms with E-state index in [1.807, 2.05) is 20.8 Å². The third kappa shape index (κ3) is 2.49. The van der Waals surface area contributed by atoms with Crippen LogP contribution in [0.5, 0.6) is 11.5 Å². The Morgan fingerprint density at radius 3 is 2.40 bits per heavy atom. The molecule has 15 heavy (non-hydrogen) atoms. The minimum Gasteiger partial charge on any atom is -0.504 e. The van der Waals surface area contributed by atoms with Crippen LogP contribution < -0.4 is 4.74 Å². The molecule has 1 aromatic carbocycles. The summed E-state index contributed by atoms with van der Waals surface area (Å²) in [7, 11) is 1.46. The van der Waals surface area contributed by atoms with Gasteiger partial charge in [-0.25, -0.2) is 0 Å². The Labute approximate surface area is 89.7 Å². The molecule has 3 heteroatoms. The number of carbonyl (C=O) groups excluding carboxylic acids is 1. The number of phenols is 1. The van der Waals surface area contributed by atoms with Gasteiger partial charge in [-0.15, -0.1) is 0 Å². The van der Waals surface area contributed by atoms with Gasteiger partial charge >= 0.3 is 0 Å². The molecule has 1 aromatic rings. The molecular formula is C12H16O3. The maximum atomic E-state index is 11.9. The highest BCUT2D eigenvalue weighted by Crippen LogP contribution is 2.29. The molecule has 0 spiro atoms. The average molecular weight is 208 g/mol. The molecular weight excluding hydrogens is 192 g/mol. The standard InChI is InChI=1S/C12H16O3/c1-12(2,3)11(14)8-5-6-9(13)10(7-8)15-4/h5-7,13H,1-4H3. The summed E-state index contributed by atoms with van der Waals surface area (Å²) in [4.78, 5) is 11.9. The zero-order chi connectivity index (χ0) is 11.6. The maximum absolute atomic E-state index is 11.9. The number of Topliss-reactive ketones (excluding diaryl/α,β-unsaturated/α-hetero) is 1. The third-order valence-electron chi connectivity index (χ3n) is 2.12. The number of hydrogen-bond donors (Lipinski definition) is 1. The van der Waals surface area contributed by atoms with Gasteiger partial charge in [0.25, 0.3) is 0 Å². The van der Waals surface area contributed by atoms with Gasteiger partial charge in [0.05, 0.1) is 7.11 Å². The molecule has 0 aliphatic rings. The summed E-state index contributed by atoms with van der Waals surface area (Å²) in [6.07, 6.45) is 0. The number of carbonyl (C=O) groups is 1. The molecule has 0 atom stereocenters. The van der Waals surface area contributed by atoms with E-state index in [-0.39, 0.29) is 11.5 Å². The first kappa shape index (κ1) is 11.6. The van der Waals surface area contributed by atoms with E-state index in [0.717, 1.165) is 0 Å². The van der Waals surface area contributed by atoms with Crippen molar-refractivity contribution in [2.45, 2.75) is 20.8 Å². The summed E-state index contributed by atoms with van der Waals surface area (Å²) < 4.78 is 4.95. The smallest absolute Gasteiger partial charge is 0.168 e. The van der Waals surface area contributed by atoms with E-state index in [1.54, 1.807) is 12.1 Å². The number of methoxy groups -OCH3 is 1. The summed E-state index contributed by atoms with van der Waals surface area (Å²) in [5.74, 6) is 0.397. The van der Waals surface area contributed by atoms with Crippen LogP contribution in [0.4, 0.5) is 0 Å². The molecule has 82 valence electrons. The molecule has 0 saturated heterocycles. The fourth-order valence-corrected chi connectivity index (χ4v) is 1.25. The highest BCUT2D eigenvalue weighted by Gasteiger charge is 2.23. The second-order valence-electron chi connectivity index (χ2n) is 4.47. The van der Waals surface area contributed by atoms with Gasteiger partial charge in [0.2, 0.25) is 0 Å². The van der Waals surface area contributed by atoms with Crippen molar-refractivity contribution in [1.82, 2.24) is 0 Å². The van der Waals surface area contributed by atoms with E-state index in [2.05, 4.69) is 0 Å². The number of rotatable bonds is 2. The highest BCUT2D eigenvalue weighted by molar-refractivity contribution is 6.00. The predicted octanol–water partition coefficient (Wildman–Crippen LogP) is 2.63. The Morgan fingerprint density at radius 1 is 1.33 bits per heavy atom. The molecule has 0 fully saturated rings. The predicted molar refractivity (Wildman–Crippen MR) is 58.4 cm³/mol. The lowest BCUT2D eigenvalue weighted by atomic mass is 9.86. The molecule has 0 heterocycles. The lowest BCUT2D eigenvalue weighted by Crippen LogP contribution is -2.20.